The average molecular weight is 436 g/mol. The van der Waals surface area contributed by atoms with Crippen molar-refractivity contribution in [2.75, 3.05) is 10.0 Å². The maximum atomic E-state index is 12.8. The number of halogens is 3. The van der Waals surface area contributed by atoms with Crippen LogP contribution in [0.5, 0.6) is 0 Å². The fraction of sp³-hybridized carbons (Fsp3) is 0.105. The first-order valence-electron chi connectivity index (χ1n) is 8.45. The normalized spacial score (nSPS) is 11.7. The van der Waals surface area contributed by atoms with Gasteiger partial charge in [0.2, 0.25) is 0 Å². The van der Waals surface area contributed by atoms with E-state index in [1.807, 2.05) is 0 Å². The Balaban J connectivity index is 1.81. The van der Waals surface area contributed by atoms with Gasteiger partial charge in [-0.3, -0.25) is 9.52 Å². The Bertz CT molecular complexity index is 1180. The van der Waals surface area contributed by atoms with Crippen molar-refractivity contribution in [1.29, 1.82) is 0 Å². The first-order chi connectivity index (χ1) is 14.1. The van der Waals surface area contributed by atoms with Crippen LogP contribution in [0.25, 0.3) is 0 Å². The highest BCUT2D eigenvalue weighted by Crippen LogP contribution is 2.31. The number of nitrogens with zero attached hydrogens (tertiary/aromatic N) is 2. The maximum Gasteiger partial charge on any atom is 0.416 e. The number of amides is 1. The van der Waals surface area contributed by atoms with Crippen LogP contribution in [0.1, 0.15) is 21.5 Å². The molecule has 11 heteroatoms. The van der Waals surface area contributed by atoms with Crippen LogP contribution in [0.3, 0.4) is 0 Å². The van der Waals surface area contributed by atoms with E-state index in [0.29, 0.717) is 17.3 Å². The number of aryl methyl sites for hydroxylation is 1. The van der Waals surface area contributed by atoms with Crippen molar-refractivity contribution in [3.63, 3.8) is 0 Å². The Hall–Kier alpha value is -3.47. The molecule has 2 N–H and O–H groups in total. The van der Waals surface area contributed by atoms with Gasteiger partial charge in [-0.2, -0.15) is 23.4 Å². The molecule has 0 fully saturated rings. The van der Waals surface area contributed by atoms with E-state index in [4.69, 9.17) is 0 Å². The molecule has 0 aliphatic carbocycles. The van der Waals surface area contributed by atoms with Gasteiger partial charge in [0.15, 0.2) is 0 Å². The van der Waals surface area contributed by atoms with Crippen LogP contribution in [0.2, 0.25) is 0 Å². The predicted octanol–water partition coefficient (Wildman–Crippen LogP) is 3.86. The van der Waals surface area contributed by atoms with Gasteiger partial charge in [-0.15, -0.1) is 0 Å². The summed E-state index contributed by atoms with van der Waals surface area (Å²) < 4.78 is 66.0. The molecule has 30 heavy (non-hydrogen) atoms. The standard InChI is InChI=1S/C19H15F3N4O3S/c1-12-9-15(25-18(27)13-7-8-23-24-11-13)5-6-17(12)30(28,29)26-16-4-2-3-14(10-16)19(20,21)22/h2-11,26H,1H3,(H,25,27). The first-order valence-corrected chi connectivity index (χ1v) is 9.93. The van der Waals surface area contributed by atoms with E-state index in [-0.39, 0.29) is 16.1 Å². The molecule has 0 spiro atoms. The molecule has 0 radical (unpaired) electrons. The van der Waals surface area contributed by atoms with Crippen LogP contribution in [0, 0.1) is 6.92 Å². The fourth-order valence-corrected chi connectivity index (χ4v) is 3.90. The van der Waals surface area contributed by atoms with E-state index < -0.39 is 27.7 Å². The molecular weight excluding hydrogens is 421 g/mol. The van der Waals surface area contributed by atoms with Crippen molar-refractivity contribution in [1.82, 2.24) is 10.2 Å². The predicted molar refractivity (Wildman–Crippen MR) is 103 cm³/mol. The van der Waals surface area contributed by atoms with Crippen molar-refractivity contribution in [2.45, 2.75) is 18.0 Å². The van der Waals surface area contributed by atoms with Crippen molar-refractivity contribution < 1.29 is 26.4 Å². The molecule has 156 valence electrons. The van der Waals surface area contributed by atoms with E-state index in [1.165, 1.54) is 49.6 Å². The highest BCUT2D eigenvalue weighted by atomic mass is 32.2. The Kier molecular flexibility index (Phi) is 5.74. The van der Waals surface area contributed by atoms with Gasteiger partial charge >= 0.3 is 6.18 Å². The number of benzene rings is 2. The highest BCUT2D eigenvalue weighted by molar-refractivity contribution is 7.92. The number of nitrogens with one attached hydrogen (secondary N) is 2. The van der Waals surface area contributed by atoms with Crippen molar-refractivity contribution >= 4 is 27.3 Å². The lowest BCUT2D eigenvalue weighted by Gasteiger charge is -2.13. The van der Waals surface area contributed by atoms with Gasteiger partial charge in [0, 0.05) is 11.4 Å². The van der Waals surface area contributed by atoms with Crippen LogP contribution in [-0.2, 0) is 16.2 Å². The molecule has 1 heterocycles. The van der Waals surface area contributed by atoms with Crippen LogP contribution in [0.4, 0.5) is 24.5 Å². The quantitative estimate of drug-likeness (QED) is 0.633. The summed E-state index contributed by atoms with van der Waals surface area (Å²) in [7, 11) is -4.15. The lowest BCUT2D eigenvalue weighted by Crippen LogP contribution is -2.16. The summed E-state index contributed by atoms with van der Waals surface area (Å²) in [4.78, 5) is 12.0. The van der Waals surface area contributed by atoms with Crippen molar-refractivity contribution in [3.8, 4) is 0 Å². The minimum Gasteiger partial charge on any atom is -0.322 e. The van der Waals surface area contributed by atoms with Gasteiger partial charge in [-0.25, -0.2) is 8.42 Å². The molecule has 3 aromatic rings. The van der Waals surface area contributed by atoms with E-state index in [1.54, 1.807) is 0 Å². The third-order valence-electron chi connectivity index (χ3n) is 4.01. The number of aromatic nitrogens is 2. The molecule has 0 bridgehead atoms. The second kappa shape index (κ2) is 8.11. The Morgan fingerprint density at radius 1 is 1.00 bits per heavy atom. The number of hydrogen-bond donors (Lipinski definition) is 2. The summed E-state index contributed by atoms with van der Waals surface area (Å²) in [5.41, 5.74) is -0.284. The molecule has 2 aromatic carbocycles. The number of carbonyl (C=O) groups excluding carboxylic acids is 1. The van der Waals surface area contributed by atoms with Crippen LogP contribution >= 0.6 is 0 Å². The molecule has 0 saturated heterocycles. The maximum absolute atomic E-state index is 12.8. The summed E-state index contributed by atoms with van der Waals surface area (Å²) in [5, 5.41) is 9.78. The monoisotopic (exact) mass is 436 g/mol. The van der Waals surface area contributed by atoms with Crippen molar-refractivity contribution in [3.05, 3.63) is 77.6 Å². The molecule has 0 saturated carbocycles. The molecule has 1 aromatic heterocycles. The Labute approximate surface area is 170 Å². The van der Waals surface area contributed by atoms with Gasteiger partial charge in [0.25, 0.3) is 15.9 Å². The van der Waals surface area contributed by atoms with Gasteiger partial charge in [0.1, 0.15) is 0 Å². The highest BCUT2D eigenvalue weighted by Gasteiger charge is 2.30. The van der Waals surface area contributed by atoms with E-state index >= 15 is 0 Å². The first kappa shape index (κ1) is 21.2. The van der Waals surface area contributed by atoms with Gasteiger partial charge in [-0.1, -0.05) is 6.07 Å². The second-order valence-electron chi connectivity index (χ2n) is 6.25. The molecular formula is C19H15F3N4O3S. The molecule has 1 amide bonds. The van der Waals surface area contributed by atoms with Crippen LogP contribution in [0.15, 0.2) is 65.8 Å². The molecule has 0 aliphatic heterocycles. The van der Waals surface area contributed by atoms with E-state index in [0.717, 1.165) is 12.1 Å². The average Bonchev–Trinajstić information content (AvgIpc) is 2.67. The summed E-state index contributed by atoms with van der Waals surface area (Å²) >= 11 is 0. The van der Waals surface area contributed by atoms with E-state index in [9.17, 15) is 26.4 Å². The largest absolute Gasteiger partial charge is 0.416 e. The lowest BCUT2D eigenvalue weighted by molar-refractivity contribution is -0.137. The lowest BCUT2D eigenvalue weighted by atomic mass is 10.2. The van der Waals surface area contributed by atoms with Crippen molar-refractivity contribution in [2.24, 2.45) is 0 Å². The fourth-order valence-electron chi connectivity index (χ4n) is 2.63. The number of alkyl halides is 3. The Morgan fingerprint density at radius 3 is 2.40 bits per heavy atom. The number of carbonyl (C=O) groups is 1. The summed E-state index contributed by atoms with van der Waals surface area (Å²) in [6, 6.07) is 9.43. The number of rotatable bonds is 5. The zero-order chi connectivity index (χ0) is 21.9. The minimum atomic E-state index is -4.60. The summed E-state index contributed by atoms with van der Waals surface area (Å²) in [5.74, 6) is -0.456. The zero-order valence-corrected chi connectivity index (χ0v) is 16.3. The van der Waals surface area contributed by atoms with Gasteiger partial charge in [-0.05, 0) is 55.0 Å². The minimum absolute atomic E-state index is 0.136. The molecule has 0 aliphatic rings. The van der Waals surface area contributed by atoms with Gasteiger partial charge in [0.05, 0.1) is 28.4 Å². The number of hydrogen-bond acceptors (Lipinski definition) is 5. The smallest absolute Gasteiger partial charge is 0.322 e. The van der Waals surface area contributed by atoms with Crippen LogP contribution < -0.4 is 10.0 Å². The molecule has 0 unspecified atom stereocenters. The second-order valence-corrected chi connectivity index (χ2v) is 7.90. The van der Waals surface area contributed by atoms with Crippen LogP contribution in [-0.4, -0.2) is 24.5 Å². The molecule has 3 rings (SSSR count). The van der Waals surface area contributed by atoms with E-state index in [2.05, 4.69) is 20.2 Å². The number of anilines is 2. The molecule has 7 nitrogen and oxygen atoms in total. The zero-order valence-electron chi connectivity index (χ0n) is 15.4. The summed E-state index contributed by atoms with van der Waals surface area (Å²) in [6.07, 6.45) is -1.96. The SMILES string of the molecule is Cc1cc(NC(=O)c2ccnnc2)ccc1S(=O)(=O)Nc1cccc(C(F)(F)F)c1. The number of sulfonamides is 1. The molecule has 0 atom stereocenters. The summed E-state index contributed by atoms with van der Waals surface area (Å²) in [6.45, 7) is 1.50. The third kappa shape index (κ3) is 4.92. The topological polar surface area (TPSA) is 101 Å². The third-order valence-corrected chi connectivity index (χ3v) is 5.55. The Morgan fingerprint density at radius 2 is 1.77 bits per heavy atom. The van der Waals surface area contributed by atoms with Gasteiger partial charge < -0.3 is 5.32 Å².